The van der Waals surface area contributed by atoms with Crippen LogP contribution in [0.4, 0.5) is 11.4 Å². The smallest absolute Gasteiger partial charge is 0.671 e. The molecule has 0 N–H and O–H groups in total. The molecule has 4 aromatic rings. The van der Waals surface area contributed by atoms with E-state index in [0.717, 1.165) is 43.1 Å². The molecule has 0 saturated carbocycles. The summed E-state index contributed by atoms with van der Waals surface area (Å²) >= 11 is 0. The third-order valence-corrected chi connectivity index (χ3v) is 6.84. The topological polar surface area (TPSA) is 46.7 Å². The molecule has 2 saturated heterocycles. The Labute approximate surface area is 246 Å². The van der Waals surface area contributed by atoms with Crippen LogP contribution in [0.5, 0.6) is 0 Å². The Balaban J connectivity index is 0.000000240. The van der Waals surface area contributed by atoms with Crippen molar-refractivity contribution in [3.8, 4) is 0 Å². The second kappa shape index (κ2) is 21.5. The van der Waals surface area contributed by atoms with E-state index in [1.807, 2.05) is 115 Å². The van der Waals surface area contributed by atoms with Gasteiger partial charge in [0.25, 0.3) is 0 Å². The average molecular weight is 537 g/mol. The van der Waals surface area contributed by atoms with Gasteiger partial charge in [0.15, 0.2) is 0 Å². The molecule has 0 atom stereocenters. The molecule has 38 heavy (non-hydrogen) atoms. The molecule has 2 fully saturated rings. The van der Waals surface area contributed by atoms with Crippen LogP contribution in [0, 0.1) is 0 Å². The van der Waals surface area contributed by atoms with E-state index in [1.54, 1.807) is 0 Å². The zero-order valence-corrected chi connectivity index (χ0v) is 24.5. The van der Waals surface area contributed by atoms with E-state index in [-0.39, 0.29) is 23.1 Å². The van der Waals surface area contributed by atoms with E-state index >= 15 is 0 Å². The summed E-state index contributed by atoms with van der Waals surface area (Å²) in [5.74, 6) is 0. The summed E-state index contributed by atoms with van der Waals surface area (Å²) < 4.78 is 9.89. The zero-order chi connectivity index (χ0) is 25.6. The number of ether oxygens (including phenoxy) is 2. The van der Waals surface area contributed by atoms with Crippen molar-refractivity contribution in [3.05, 3.63) is 138 Å². The molecule has 6 rings (SSSR count). The molecule has 4 aromatic carbocycles. The summed E-state index contributed by atoms with van der Waals surface area (Å²) in [6.07, 6.45) is 5.11. The van der Waals surface area contributed by atoms with Gasteiger partial charge in [-0.1, -0.05) is 133 Å². The number of nitrogens with zero attached hydrogens (tertiary/aromatic N) is 2. The predicted molar refractivity (Wildman–Crippen MR) is 164 cm³/mol. The first kappa shape index (κ1) is 31.8. The van der Waals surface area contributed by atoms with Crippen LogP contribution in [0.1, 0.15) is 25.7 Å². The van der Waals surface area contributed by atoms with Crippen LogP contribution in [0.25, 0.3) is 10.2 Å². The average Bonchev–Trinajstić information content (AvgIpc) is 3.76. The fourth-order valence-corrected chi connectivity index (χ4v) is 4.73. The van der Waals surface area contributed by atoms with Crippen LogP contribution >= 0.6 is 8.22 Å². The zero-order valence-electron chi connectivity index (χ0n) is 22.1. The third kappa shape index (κ3) is 14.5. The molecule has 0 aliphatic carbocycles. The summed E-state index contributed by atoms with van der Waals surface area (Å²) in [4.78, 5) is 0. The van der Waals surface area contributed by atoms with Gasteiger partial charge in [-0.05, 0) is 25.7 Å². The standard InChI is InChI=1S/C18H15N2P.C6H6.2C4H8O.Mg/c1-4-10-16(11-5-1)19-21(18-14-8-3-9-15-18)20-17-12-6-2-7-13-17;1-2-4-6-5-3-1;2*1-2-4-5-3-1;/h1-15H;1-6H;2*1-4H2;/q-2;;;;+2. The Morgan fingerprint density at radius 1 is 0.421 bits per heavy atom. The third-order valence-electron chi connectivity index (χ3n) is 5.24. The second-order valence-electron chi connectivity index (χ2n) is 8.29. The minimum absolute atomic E-state index is 0. The second-order valence-corrected chi connectivity index (χ2v) is 9.79. The molecule has 6 heteroatoms. The van der Waals surface area contributed by atoms with Gasteiger partial charge in [0.1, 0.15) is 0 Å². The molecular formula is C32H37MgN2O2P. The summed E-state index contributed by atoms with van der Waals surface area (Å²) in [6.45, 7) is 4.00. The summed E-state index contributed by atoms with van der Waals surface area (Å²) in [5.41, 5.74) is 1.93. The molecule has 0 bridgehead atoms. The van der Waals surface area contributed by atoms with Crippen molar-refractivity contribution in [1.82, 2.24) is 0 Å². The fraction of sp³-hybridized carbons (Fsp3) is 0.250. The Bertz CT molecular complexity index is 943. The molecule has 0 radical (unpaired) electrons. The summed E-state index contributed by atoms with van der Waals surface area (Å²) in [7, 11) is -0.958. The van der Waals surface area contributed by atoms with Crippen LogP contribution in [-0.2, 0) is 9.47 Å². The van der Waals surface area contributed by atoms with Gasteiger partial charge in [-0.25, -0.2) is 0 Å². The van der Waals surface area contributed by atoms with Crippen molar-refractivity contribution in [2.24, 2.45) is 0 Å². The van der Waals surface area contributed by atoms with Crippen molar-refractivity contribution in [3.63, 3.8) is 0 Å². The molecule has 2 heterocycles. The number of rotatable bonds is 5. The van der Waals surface area contributed by atoms with Crippen molar-refractivity contribution < 1.29 is 9.47 Å². The van der Waals surface area contributed by atoms with Crippen LogP contribution in [0.2, 0.25) is 0 Å². The van der Waals surface area contributed by atoms with E-state index in [2.05, 4.69) is 12.1 Å². The maximum Gasteiger partial charge on any atom is 2.00 e. The van der Waals surface area contributed by atoms with Gasteiger partial charge in [-0.2, -0.15) is 0 Å². The molecule has 194 valence electrons. The van der Waals surface area contributed by atoms with Gasteiger partial charge >= 0.3 is 23.1 Å². The van der Waals surface area contributed by atoms with Crippen LogP contribution < -0.4 is 5.30 Å². The van der Waals surface area contributed by atoms with Gasteiger partial charge in [0.2, 0.25) is 0 Å². The van der Waals surface area contributed by atoms with Gasteiger partial charge in [0.05, 0.1) is 0 Å². The van der Waals surface area contributed by atoms with Crippen LogP contribution in [0.3, 0.4) is 0 Å². The number of hydrogen-bond acceptors (Lipinski definition) is 2. The Morgan fingerprint density at radius 3 is 1.00 bits per heavy atom. The first-order valence-electron chi connectivity index (χ1n) is 13.0. The maximum absolute atomic E-state index is 4.94. The van der Waals surface area contributed by atoms with Crippen molar-refractivity contribution in [1.29, 1.82) is 0 Å². The number of hydrogen-bond donors (Lipinski definition) is 0. The molecular weight excluding hydrogens is 500 g/mol. The normalized spacial score (nSPS) is 13.3. The first-order valence-corrected chi connectivity index (χ1v) is 14.2. The fourth-order valence-electron chi connectivity index (χ4n) is 3.31. The molecule has 2 aliphatic rings. The van der Waals surface area contributed by atoms with Gasteiger partial charge < -0.3 is 19.6 Å². The first-order chi connectivity index (χ1) is 18.4. The van der Waals surface area contributed by atoms with Crippen molar-refractivity contribution in [2.75, 3.05) is 26.4 Å². The quantitative estimate of drug-likeness (QED) is 0.189. The largest absolute Gasteiger partial charge is 2.00 e. The Hall–Kier alpha value is -2.40. The predicted octanol–water partition coefficient (Wildman–Crippen LogP) is 8.93. The van der Waals surface area contributed by atoms with Crippen LogP contribution in [-0.4, -0.2) is 49.5 Å². The van der Waals surface area contributed by atoms with Gasteiger partial charge in [0, 0.05) is 26.4 Å². The maximum atomic E-state index is 4.94. The molecule has 0 aromatic heterocycles. The Kier molecular flexibility index (Phi) is 18.0. The van der Waals surface area contributed by atoms with E-state index < -0.39 is 8.22 Å². The molecule has 0 amide bonds. The molecule has 0 unspecified atom stereocenters. The van der Waals surface area contributed by atoms with E-state index in [9.17, 15) is 0 Å². The molecule has 4 nitrogen and oxygen atoms in total. The van der Waals surface area contributed by atoms with E-state index in [4.69, 9.17) is 19.6 Å². The molecule has 2 aliphatic heterocycles. The van der Waals surface area contributed by atoms with E-state index in [1.165, 1.54) is 25.7 Å². The SMILES string of the molecule is C1CCOC1.C1CCOC1.[Mg+2].c1ccc([N-]P([N-]c2ccccc2)c2ccccc2)cc1.c1ccccc1. The van der Waals surface area contributed by atoms with Crippen LogP contribution in [0.15, 0.2) is 127 Å². The number of benzene rings is 4. The molecule has 0 spiro atoms. The van der Waals surface area contributed by atoms with E-state index in [0.29, 0.717) is 0 Å². The minimum atomic E-state index is -0.958. The Morgan fingerprint density at radius 2 is 0.711 bits per heavy atom. The summed E-state index contributed by atoms with van der Waals surface area (Å²) in [6, 6.07) is 42.3. The minimum Gasteiger partial charge on any atom is -0.671 e. The van der Waals surface area contributed by atoms with Crippen molar-refractivity contribution >= 4 is 48.0 Å². The van der Waals surface area contributed by atoms with Gasteiger partial charge in [-0.15, -0.1) is 11.4 Å². The van der Waals surface area contributed by atoms with Gasteiger partial charge in [-0.3, -0.25) is 8.22 Å². The monoisotopic (exact) mass is 536 g/mol. The summed E-state index contributed by atoms with van der Waals surface area (Å²) in [5, 5.41) is 10.8. The van der Waals surface area contributed by atoms with Crippen molar-refractivity contribution in [2.45, 2.75) is 25.7 Å².